The van der Waals surface area contributed by atoms with E-state index in [2.05, 4.69) is 10.6 Å². The molecule has 0 heterocycles. The number of amides is 1. The SMILES string of the molecule is Cc1cc(C)cc(CS(=O)(=O)c2ccc(NC(=S)NC(=O)CC(C)C)cc2)c1. The smallest absolute Gasteiger partial charge is 0.226 e. The first-order valence-corrected chi connectivity index (χ1v) is 11.1. The van der Waals surface area contributed by atoms with Crippen LogP contribution < -0.4 is 10.6 Å². The number of hydrogen-bond donors (Lipinski definition) is 2. The van der Waals surface area contributed by atoms with E-state index >= 15 is 0 Å². The van der Waals surface area contributed by atoms with Crippen LogP contribution >= 0.6 is 12.2 Å². The fraction of sp³-hybridized carbons (Fsp3) is 0.333. The summed E-state index contributed by atoms with van der Waals surface area (Å²) in [6.45, 7) is 7.80. The average Bonchev–Trinajstić information content (AvgIpc) is 2.52. The Balaban J connectivity index is 2.04. The molecular weight excluding hydrogens is 392 g/mol. The Morgan fingerprint density at radius 3 is 2.14 bits per heavy atom. The fourth-order valence-corrected chi connectivity index (χ4v) is 4.47. The standard InChI is InChI=1S/C21H26N2O3S2/c1-14(2)9-20(24)23-21(27)22-18-5-7-19(8-6-18)28(25,26)13-17-11-15(3)10-16(4)12-17/h5-8,10-12,14H,9,13H2,1-4H3,(H2,22,23,24,27). The Labute approximate surface area is 172 Å². The van der Waals surface area contributed by atoms with E-state index < -0.39 is 9.84 Å². The van der Waals surface area contributed by atoms with Crippen molar-refractivity contribution in [2.75, 3.05) is 5.32 Å². The van der Waals surface area contributed by atoms with Crippen molar-refractivity contribution in [2.24, 2.45) is 5.92 Å². The third-order valence-electron chi connectivity index (χ3n) is 3.96. The van der Waals surface area contributed by atoms with Crippen molar-refractivity contribution in [1.82, 2.24) is 5.32 Å². The summed E-state index contributed by atoms with van der Waals surface area (Å²) in [5, 5.41) is 5.70. The molecule has 2 aromatic carbocycles. The molecule has 0 spiro atoms. The maximum absolute atomic E-state index is 12.7. The molecule has 0 saturated heterocycles. The lowest BCUT2D eigenvalue weighted by molar-refractivity contribution is -0.120. The van der Waals surface area contributed by atoms with Gasteiger partial charge in [-0.1, -0.05) is 43.2 Å². The Bertz CT molecular complexity index is 945. The number of carbonyl (C=O) groups excluding carboxylic acids is 1. The van der Waals surface area contributed by atoms with Crippen LogP contribution in [0.5, 0.6) is 0 Å². The molecule has 1 amide bonds. The van der Waals surface area contributed by atoms with E-state index in [0.29, 0.717) is 12.1 Å². The molecule has 0 atom stereocenters. The first-order chi connectivity index (χ1) is 13.0. The maximum atomic E-state index is 12.7. The van der Waals surface area contributed by atoms with Crippen molar-refractivity contribution in [2.45, 2.75) is 44.8 Å². The van der Waals surface area contributed by atoms with E-state index in [0.717, 1.165) is 16.7 Å². The molecule has 0 unspecified atom stereocenters. The summed E-state index contributed by atoms with van der Waals surface area (Å²) in [7, 11) is -3.45. The highest BCUT2D eigenvalue weighted by atomic mass is 32.2. The average molecular weight is 419 g/mol. The van der Waals surface area contributed by atoms with E-state index in [-0.39, 0.29) is 27.6 Å². The van der Waals surface area contributed by atoms with Gasteiger partial charge in [-0.2, -0.15) is 0 Å². The van der Waals surface area contributed by atoms with Gasteiger partial charge in [0.2, 0.25) is 5.91 Å². The third kappa shape index (κ3) is 6.73. The highest BCUT2D eigenvalue weighted by molar-refractivity contribution is 7.90. The second-order valence-corrected chi connectivity index (χ2v) is 9.78. The maximum Gasteiger partial charge on any atom is 0.226 e. The summed E-state index contributed by atoms with van der Waals surface area (Å²) in [4.78, 5) is 12.0. The molecule has 0 aliphatic carbocycles. The van der Waals surface area contributed by atoms with Crippen LogP contribution in [0.1, 0.15) is 37.0 Å². The zero-order valence-electron chi connectivity index (χ0n) is 16.6. The topological polar surface area (TPSA) is 75.3 Å². The second kappa shape index (κ2) is 9.30. The quantitative estimate of drug-likeness (QED) is 0.690. The molecule has 5 nitrogen and oxygen atoms in total. The van der Waals surface area contributed by atoms with Crippen LogP contribution in [-0.4, -0.2) is 19.4 Å². The van der Waals surface area contributed by atoms with Crippen molar-refractivity contribution in [3.05, 3.63) is 59.2 Å². The molecule has 0 aliphatic rings. The zero-order chi connectivity index (χ0) is 20.9. The number of benzene rings is 2. The van der Waals surface area contributed by atoms with Gasteiger partial charge < -0.3 is 10.6 Å². The summed E-state index contributed by atoms with van der Waals surface area (Å²) in [6, 6.07) is 12.1. The fourth-order valence-electron chi connectivity index (χ4n) is 2.91. The molecule has 150 valence electrons. The third-order valence-corrected chi connectivity index (χ3v) is 5.86. The monoisotopic (exact) mass is 418 g/mol. The van der Waals surface area contributed by atoms with Gasteiger partial charge in [-0.05, 0) is 61.8 Å². The second-order valence-electron chi connectivity index (χ2n) is 7.38. The molecule has 7 heteroatoms. The Hall–Kier alpha value is -2.25. The number of thiocarbonyl (C=S) groups is 1. The molecule has 2 rings (SSSR count). The predicted octanol–water partition coefficient (Wildman–Crippen LogP) is 4.14. The molecule has 0 aliphatic heterocycles. The van der Waals surface area contributed by atoms with Crippen LogP contribution in [0.4, 0.5) is 5.69 Å². The molecule has 2 aromatic rings. The van der Waals surface area contributed by atoms with Crippen molar-refractivity contribution in [3.8, 4) is 0 Å². The van der Waals surface area contributed by atoms with E-state index in [9.17, 15) is 13.2 Å². The highest BCUT2D eigenvalue weighted by Crippen LogP contribution is 2.20. The Morgan fingerprint density at radius 2 is 1.61 bits per heavy atom. The molecule has 0 saturated carbocycles. The molecule has 0 fully saturated rings. The van der Waals surface area contributed by atoms with Crippen LogP contribution in [0.3, 0.4) is 0 Å². The number of sulfone groups is 1. The number of anilines is 1. The van der Waals surface area contributed by atoms with Crippen LogP contribution in [0.25, 0.3) is 0 Å². The zero-order valence-corrected chi connectivity index (χ0v) is 18.2. The molecule has 28 heavy (non-hydrogen) atoms. The minimum Gasteiger partial charge on any atom is -0.332 e. The van der Waals surface area contributed by atoms with E-state index in [1.807, 2.05) is 45.9 Å². The summed E-state index contributed by atoms with van der Waals surface area (Å²) in [5.41, 5.74) is 3.46. The van der Waals surface area contributed by atoms with E-state index in [1.54, 1.807) is 24.3 Å². The number of aryl methyl sites for hydroxylation is 2. The summed E-state index contributed by atoms with van der Waals surface area (Å²) >= 11 is 5.12. The van der Waals surface area contributed by atoms with Gasteiger partial charge >= 0.3 is 0 Å². The Kier molecular flexibility index (Phi) is 7.32. The number of carbonyl (C=O) groups is 1. The molecule has 0 aromatic heterocycles. The molecule has 0 bridgehead atoms. The first kappa shape index (κ1) is 22.0. The van der Waals surface area contributed by atoms with Crippen molar-refractivity contribution in [1.29, 1.82) is 0 Å². The summed E-state index contributed by atoms with van der Waals surface area (Å²) < 4.78 is 25.4. The van der Waals surface area contributed by atoms with Crippen LogP contribution in [0.2, 0.25) is 0 Å². The van der Waals surface area contributed by atoms with Crippen molar-refractivity contribution >= 4 is 38.8 Å². The van der Waals surface area contributed by atoms with Gasteiger partial charge in [-0.15, -0.1) is 0 Å². The minimum atomic E-state index is -3.45. The van der Waals surface area contributed by atoms with Crippen LogP contribution in [0, 0.1) is 19.8 Å². The summed E-state index contributed by atoms with van der Waals surface area (Å²) in [6.07, 6.45) is 0.386. The minimum absolute atomic E-state index is 0.0496. The van der Waals surface area contributed by atoms with Gasteiger partial charge in [0.1, 0.15) is 0 Å². The normalized spacial score (nSPS) is 11.3. The largest absolute Gasteiger partial charge is 0.332 e. The predicted molar refractivity (Wildman–Crippen MR) is 117 cm³/mol. The lowest BCUT2D eigenvalue weighted by Gasteiger charge is -2.11. The molecule has 2 N–H and O–H groups in total. The molecular formula is C21H26N2O3S2. The van der Waals surface area contributed by atoms with Crippen LogP contribution in [0.15, 0.2) is 47.4 Å². The highest BCUT2D eigenvalue weighted by Gasteiger charge is 2.16. The van der Waals surface area contributed by atoms with Crippen molar-refractivity contribution < 1.29 is 13.2 Å². The molecule has 0 radical (unpaired) electrons. The van der Waals surface area contributed by atoms with Gasteiger partial charge in [-0.3, -0.25) is 4.79 Å². The van der Waals surface area contributed by atoms with Gasteiger partial charge in [0, 0.05) is 12.1 Å². The van der Waals surface area contributed by atoms with E-state index in [4.69, 9.17) is 12.2 Å². The van der Waals surface area contributed by atoms with Gasteiger partial charge in [0.25, 0.3) is 0 Å². The first-order valence-electron chi connectivity index (χ1n) is 9.06. The number of nitrogens with one attached hydrogen (secondary N) is 2. The lowest BCUT2D eigenvalue weighted by Crippen LogP contribution is -2.34. The Morgan fingerprint density at radius 1 is 1.04 bits per heavy atom. The lowest BCUT2D eigenvalue weighted by atomic mass is 10.1. The van der Waals surface area contributed by atoms with Crippen LogP contribution in [-0.2, 0) is 20.4 Å². The van der Waals surface area contributed by atoms with Gasteiger partial charge in [0.15, 0.2) is 14.9 Å². The summed E-state index contributed by atoms with van der Waals surface area (Å²) in [5.74, 6) is 0.0380. The van der Waals surface area contributed by atoms with Crippen molar-refractivity contribution in [3.63, 3.8) is 0 Å². The van der Waals surface area contributed by atoms with E-state index in [1.165, 1.54) is 0 Å². The van der Waals surface area contributed by atoms with Gasteiger partial charge in [0.05, 0.1) is 10.6 Å². The van der Waals surface area contributed by atoms with Gasteiger partial charge in [-0.25, -0.2) is 8.42 Å². The number of hydrogen-bond acceptors (Lipinski definition) is 4. The number of rotatable bonds is 6.